The lowest BCUT2D eigenvalue weighted by Gasteiger charge is -2.09. The average Bonchev–Trinajstić information content (AvgIpc) is 2.91. The van der Waals surface area contributed by atoms with Gasteiger partial charge in [-0.15, -0.1) is 0 Å². The molecule has 0 saturated carbocycles. The minimum absolute atomic E-state index is 1.25. The third kappa shape index (κ3) is 3.63. The Bertz CT molecular complexity index is 1490. The maximum absolute atomic E-state index is 2.21. The maximum atomic E-state index is 2.21. The van der Waals surface area contributed by atoms with Gasteiger partial charge in [0.25, 0.3) is 0 Å². The van der Waals surface area contributed by atoms with Crippen LogP contribution in [0.25, 0.3) is 64.6 Å². The van der Waals surface area contributed by atoms with Crippen LogP contribution in [0.2, 0.25) is 0 Å². The molecule has 0 aliphatic heterocycles. The van der Waals surface area contributed by atoms with Gasteiger partial charge in [-0.25, -0.2) is 0 Å². The van der Waals surface area contributed by atoms with Crippen LogP contribution < -0.4 is 0 Å². The zero-order valence-electron chi connectivity index (χ0n) is 20.3. The van der Waals surface area contributed by atoms with Crippen LogP contribution in [0.4, 0.5) is 0 Å². The van der Waals surface area contributed by atoms with Gasteiger partial charge in [0, 0.05) is 0 Å². The summed E-state index contributed by atoms with van der Waals surface area (Å²) in [5.74, 6) is 0. The Labute approximate surface area is 206 Å². The SMILES string of the molecule is CCC.c1cc2ccc3cccc4ccc(c1)c2c34.c1cc2ccc3cccc4ccc(c1)c2c34. The minimum atomic E-state index is 1.25. The fourth-order valence-electron chi connectivity index (χ4n) is 5.34. The van der Waals surface area contributed by atoms with E-state index >= 15 is 0 Å². The first-order valence-corrected chi connectivity index (χ1v) is 12.5. The monoisotopic (exact) mass is 448 g/mol. The Balaban J connectivity index is 0.000000118. The molecule has 35 heavy (non-hydrogen) atoms. The molecule has 0 aromatic heterocycles. The highest BCUT2D eigenvalue weighted by molar-refractivity contribution is 6.23. The molecule has 0 bridgehead atoms. The molecule has 0 radical (unpaired) electrons. The van der Waals surface area contributed by atoms with Crippen molar-refractivity contribution in [1.82, 2.24) is 0 Å². The molecule has 0 aliphatic rings. The van der Waals surface area contributed by atoms with Gasteiger partial charge in [0.2, 0.25) is 0 Å². The van der Waals surface area contributed by atoms with Crippen LogP contribution in [0.3, 0.4) is 0 Å². The quantitative estimate of drug-likeness (QED) is 0.202. The van der Waals surface area contributed by atoms with Crippen LogP contribution in [-0.4, -0.2) is 0 Å². The lowest BCUT2D eigenvalue weighted by atomic mass is 9.95. The zero-order valence-corrected chi connectivity index (χ0v) is 20.3. The van der Waals surface area contributed by atoms with E-state index in [1.165, 1.54) is 71.1 Å². The molecule has 0 heteroatoms. The average molecular weight is 449 g/mol. The van der Waals surface area contributed by atoms with Crippen molar-refractivity contribution in [3.8, 4) is 0 Å². The maximum Gasteiger partial charge on any atom is -0.00268 e. The summed E-state index contributed by atoms with van der Waals surface area (Å²) in [6.07, 6.45) is 1.25. The molecule has 0 unspecified atom stereocenters. The normalized spacial score (nSPS) is 11.3. The molecule has 168 valence electrons. The van der Waals surface area contributed by atoms with Gasteiger partial charge in [-0.2, -0.15) is 0 Å². The molecule has 0 saturated heterocycles. The van der Waals surface area contributed by atoms with Gasteiger partial charge in [0.05, 0.1) is 0 Å². The Morgan fingerprint density at radius 3 is 0.571 bits per heavy atom. The summed E-state index contributed by atoms with van der Waals surface area (Å²) < 4.78 is 0. The third-order valence-electron chi connectivity index (χ3n) is 6.79. The molecule has 8 aromatic rings. The molecular weight excluding hydrogens is 420 g/mol. The number of hydrogen-bond acceptors (Lipinski definition) is 0. The summed E-state index contributed by atoms with van der Waals surface area (Å²) in [5, 5.41) is 16.3. The molecule has 0 N–H and O–H groups in total. The molecule has 0 heterocycles. The van der Waals surface area contributed by atoms with Gasteiger partial charge in [0.15, 0.2) is 0 Å². The summed E-state index contributed by atoms with van der Waals surface area (Å²) in [6.45, 7) is 4.25. The lowest BCUT2D eigenvalue weighted by molar-refractivity contribution is 1.09. The summed E-state index contributed by atoms with van der Waals surface area (Å²) >= 11 is 0. The van der Waals surface area contributed by atoms with Gasteiger partial charge >= 0.3 is 0 Å². The van der Waals surface area contributed by atoms with Crippen molar-refractivity contribution in [2.45, 2.75) is 20.3 Å². The molecule has 0 amide bonds. The fraction of sp³-hybridized carbons (Fsp3) is 0.0857. The minimum Gasteiger partial charge on any atom is -0.0656 e. The van der Waals surface area contributed by atoms with Gasteiger partial charge in [-0.1, -0.05) is 142 Å². The van der Waals surface area contributed by atoms with Crippen LogP contribution >= 0.6 is 0 Å². The first-order chi connectivity index (χ1) is 17.3. The van der Waals surface area contributed by atoms with Crippen LogP contribution in [0.15, 0.2) is 121 Å². The Morgan fingerprint density at radius 2 is 0.429 bits per heavy atom. The Hall–Kier alpha value is -4.16. The fourth-order valence-corrected chi connectivity index (χ4v) is 5.34. The molecule has 0 aliphatic carbocycles. The second-order valence-corrected chi connectivity index (χ2v) is 9.29. The largest absolute Gasteiger partial charge is 0.0656 e. The number of rotatable bonds is 0. The molecule has 0 spiro atoms. The number of hydrogen-bond donors (Lipinski definition) is 0. The molecule has 8 rings (SSSR count). The Kier molecular flexibility index (Phi) is 5.43. The van der Waals surface area contributed by atoms with Crippen molar-refractivity contribution >= 4 is 64.6 Å². The molecule has 8 aromatic carbocycles. The molecule has 0 atom stereocenters. The second kappa shape index (κ2) is 8.89. The highest BCUT2D eigenvalue weighted by Crippen LogP contribution is 2.35. The predicted octanol–water partition coefficient (Wildman–Crippen LogP) is 10.6. The van der Waals surface area contributed by atoms with Crippen molar-refractivity contribution in [2.75, 3.05) is 0 Å². The molecule has 0 fully saturated rings. The summed E-state index contributed by atoms with van der Waals surface area (Å²) in [5.41, 5.74) is 0. The van der Waals surface area contributed by atoms with E-state index in [0.717, 1.165) is 0 Å². The third-order valence-corrected chi connectivity index (χ3v) is 6.79. The van der Waals surface area contributed by atoms with Crippen molar-refractivity contribution in [3.63, 3.8) is 0 Å². The highest BCUT2D eigenvalue weighted by Gasteiger charge is 2.07. The van der Waals surface area contributed by atoms with E-state index in [-0.39, 0.29) is 0 Å². The smallest absolute Gasteiger partial charge is 0.00268 e. The van der Waals surface area contributed by atoms with Gasteiger partial charge in [0.1, 0.15) is 0 Å². The summed E-state index contributed by atoms with van der Waals surface area (Å²) in [4.78, 5) is 0. The van der Waals surface area contributed by atoms with E-state index in [0.29, 0.717) is 0 Å². The highest BCUT2D eigenvalue weighted by atomic mass is 14.1. The van der Waals surface area contributed by atoms with Crippen LogP contribution in [0, 0.1) is 0 Å². The molecular formula is C35H28. The summed E-state index contributed by atoms with van der Waals surface area (Å²) in [7, 11) is 0. The number of benzene rings is 8. The van der Waals surface area contributed by atoms with E-state index in [1.807, 2.05) is 0 Å². The van der Waals surface area contributed by atoms with Gasteiger partial charge in [-0.3, -0.25) is 0 Å². The summed E-state index contributed by atoms with van der Waals surface area (Å²) in [6, 6.07) is 43.7. The topological polar surface area (TPSA) is 0 Å². The zero-order chi connectivity index (χ0) is 23.8. The van der Waals surface area contributed by atoms with E-state index in [9.17, 15) is 0 Å². The van der Waals surface area contributed by atoms with Crippen molar-refractivity contribution < 1.29 is 0 Å². The molecule has 0 nitrogen and oxygen atoms in total. The second-order valence-electron chi connectivity index (χ2n) is 9.29. The van der Waals surface area contributed by atoms with Crippen LogP contribution in [-0.2, 0) is 0 Å². The van der Waals surface area contributed by atoms with Gasteiger partial charge < -0.3 is 0 Å². The van der Waals surface area contributed by atoms with E-state index < -0.39 is 0 Å². The first kappa shape index (κ1) is 21.4. The standard InChI is InChI=1S/2C16H10.C3H8/c2*1-3-11-7-9-13-5-2-6-14-10-8-12(4-1)15(11)16(13)14;1-3-2/h2*1-10H;3H2,1-2H3. The van der Waals surface area contributed by atoms with Gasteiger partial charge in [-0.05, 0) is 64.6 Å². The van der Waals surface area contributed by atoms with Crippen molar-refractivity contribution in [1.29, 1.82) is 0 Å². The van der Waals surface area contributed by atoms with Crippen molar-refractivity contribution in [2.24, 2.45) is 0 Å². The first-order valence-electron chi connectivity index (χ1n) is 12.5. The predicted molar refractivity (Wildman–Crippen MR) is 156 cm³/mol. The lowest BCUT2D eigenvalue weighted by Crippen LogP contribution is -1.82. The van der Waals surface area contributed by atoms with Crippen LogP contribution in [0.5, 0.6) is 0 Å². The van der Waals surface area contributed by atoms with E-state index in [1.54, 1.807) is 0 Å². The Morgan fingerprint density at radius 1 is 0.286 bits per heavy atom. The van der Waals surface area contributed by atoms with Crippen molar-refractivity contribution in [3.05, 3.63) is 121 Å². The van der Waals surface area contributed by atoms with Crippen LogP contribution in [0.1, 0.15) is 20.3 Å². The van der Waals surface area contributed by atoms with E-state index in [4.69, 9.17) is 0 Å². The van der Waals surface area contributed by atoms with E-state index in [2.05, 4.69) is 135 Å².